The van der Waals surface area contributed by atoms with Gasteiger partial charge in [-0.3, -0.25) is 0 Å². The molecule has 1 N–H and O–H groups in total. The highest BCUT2D eigenvalue weighted by Gasteiger charge is 1.83. The highest BCUT2D eigenvalue weighted by molar-refractivity contribution is 4.98. The van der Waals surface area contributed by atoms with Crippen molar-refractivity contribution in [2.24, 2.45) is 0 Å². The third kappa shape index (κ3) is 9.52. The lowest BCUT2D eigenvalue weighted by Gasteiger charge is -1.91. The molecule has 64 valence electrons. The number of aliphatic hydroxyl groups excluding tert-OH is 1. The number of unbranched alkanes of at least 4 members (excludes halogenated alkanes) is 4. The maximum absolute atomic E-state index is 8.47. The Bertz CT molecular complexity index is 119. The second-order valence-corrected chi connectivity index (χ2v) is 2.64. The zero-order valence-electron chi connectivity index (χ0n) is 7.40. The second kappa shape index (κ2) is 9.52. The summed E-state index contributed by atoms with van der Waals surface area (Å²) in [7, 11) is 0. The number of hydrogen-bond donors (Lipinski definition) is 1. The lowest BCUT2D eigenvalue weighted by Crippen LogP contribution is -1.81. The standard InChI is InChI=1S/C10H18O/c1-2-3-4-5-6-7-8-9-10-11/h11H,2-3,6-10H2,1H3. The van der Waals surface area contributed by atoms with Crippen LogP contribution < -0.4 is 0 Å². The van der Waals surface area contributed by atoms with E-state index in [0.717, 1.165) is 38.5 Å². The fourth-order valence-corrected chi connectivity index (χ4v) is 0.804. The molecule has 0 spiro atoms. The first kappa shape index (κ1) is 10.5. The van der Waals surface area contributed by atoms with Crippen molar-refractivity contribution in [3.63, 3.8) is 0 Å². The molecule has 0 radical (unpaired) electrons. The molecule has 0 saturated heterocycles. The van der Waals surface area contributed by atoms with Crippen molar-refractivity contribution in [2.75, 3.05) is 6.61 Å². The Balaban J connectivity index is 2.96. The first-order chi connectivity index (χ1) is 5.41. The summed E-state index contributed by atoms with van der Waals surface area (Å²) < 4.78 is 0. The average Bonchev–Trinajstić information content (AvgIpc) is 2.03. The summed E-state index contributed by atoms with van der Waals surface area (Å²) in [5.74, 6) is 6.21. The molecule has 0 aliphatic carbocycles. The molecule has 0 fully saturated rings. The lowest BCUT2D eigenvalue weighted by atomic mass is 10.2. The molecule has 1 nitrogen and oxygen atoms in total. The minimum absolute atomic E-state index is 0.322. The molecule has 1 heteroatoms. The fraction of sp³-hybridized carbons (Fsp3) is 0.800. The Morgan fingerprint density at radius 3 is 2.36 bits per heavy atom. The molecule has 0 rings (SSSR count). The quantitative estimate of drug-likeness (QED) is 0.476. The van der Waals surface area contributed by atoms with Crippen LogP contribution in [0.4, 0.5) is 0 Å². The Labute approximate surface area is 69.8 Å². The van der Waals surface area contributed by atoms with Crippen LogP contribution in [-0.4, -0.2) is 11.7 Å². The molecular formula is C10H18O. The van der Waals surface area contributed by atoms with E-state index in [2.05, 4.69) is 18.8 Å². The lowest BCUT2D eigenvalue weighted by molar-refractivity contribution is 0.283. The summed E-state index contributed by atoms with van der Waals surface area (Å²) in [6.45, 7) is 2.46. The zero-order valence-corrected chi connectivity index (χ0v) is 7.40. The van der Waals surface area contributed by atoms with E-state index in [-0.39, 0.29) is 0 Å². The predicted molar refractivity (Wildman–Crippen MR) is 48.2 cm³/mol. The zero-order chi connectivity index (χ0) is 8.36. The van der Waals surface area contributed by atoms with E-state index < -0.39 is 0 Å². The summed E-state index contributed by atoms with van der Waals surface area (Å²) in [5.41, 5.74) is 0. The van der Waals surface area contributed by atoms with Gasteiger partial charge in [0.1, 0.15) is 0 Å². The van der Waals surface area contributed by atoms with Crippen molar-refractivity contribution in [3.05, 3.63) is 0 Å². The van der Waals surface area contributed by atoms with E-state index in [0.29, 0.717) is 6.61 Å². The van der Waals surface area contributed by atoms with Crippen LogP contribution in [-0.2, 0) is 0 Å². The van der Waals surface area contributed by atoms with Crippen LogP contribution in [0, 0.1) is 11.8 Å². The molecule has 0 aliphatic heterocycles. The minimum Gasteiger partial charge on any atom is -0.396 e. The van der Waals surface area contributed by atoms with E-state index in [1.165, 1.54) is 0 Å². The van der Waals surface area contributed by atoms with Crippen molar-refractivity contribution < 1.29 is 5.11 Å². The number of aliphatic hydroxyl groups is 1. The van der Waals surface area contributed by atoms with Gasteiger partial charge in [0.05, 0.1) is 0 Å². The topological polar surface area (TPSA) is 20.2 Å². The molecule has 0 saturated carbocycles. The molecule has 11 heavy (non-hydrogen) atoms. The largest absolute Gasteiger partial charge is 0.396 e. The molecule has 0 aliphatic rings. The van der Waals surface area contributed by atoms with Gasteiger partial charge in [0.15, 0.2) is 0 Å². The van der Waals surface area contributed by atoms with Gasteiger partial charge in [-0.25, -0.2) is 0 Å². The van der Waals surface area contributed by atoms with E-state index in [1.807, 2.05) is 0 Å². The SMILES string of the molecule is CCCC#CCCCCCO. The number of hydrogen-bond acceptors (Lipinski definition) is 1. The molecule has 0 heterocycles. The molecule has 0 amide bonds. The Morgan fingerprint density at radius 1 is 1.00 bits per heavy atom. The molecule has 0 aromatic carbocycles. The van der Waals surface area contributed by atoms with Crippen LogP contribution in [0.5, 0.6) is 0 Å². The Morgan fingerprint density at radius 2 is 1.73 bits per heavy atom. The summed E-state index contributed by atoms with van der Waals surface area (Å²) in [4.78, 5) is 0. The summed E-state index contributed by atoms with van der Waals surface area (Å²) in [5, 5.41) is 8.47. The summed E-state index contributed by atoms with van der Waals surface area (Å²) in [6, 6.07) is 0. The van der Waals surface area contributed by atoms with Gasteiger partial charge in [-0.2, -0.15) is 0 Å². The minimum atomic E-state index is 0.322. The summed E-state index contributed by atoms with van der Waals surface area (Å²) >= 11 is 0. The van der Waals surface area contributed by atoms with Crippen molar-refractivity contribution in [1.82, 2.24) is 0 Å². The van der Waals surface area contributed by atoms with E-state index >= 15 is 0 Å². The Kier molecular flexibility index (Phi) is 9.10. The first-order valence-electron chi connectivity index (χ1n) is 4.48. The predicted octanol–water partition coefficient (Wildman–Crippen LogP) is 2.34. The number of rotatable bonds is 5. The van der Waals surface area contributed by atoms with Gasteiger partial charge in [-0.1, -0.05) is 13.3 Å². The molecule has 0 bridgehead atoms. The van der Waals surface area contributed by atoms with Crippen molar-refractivity contribution in [2.45, 2.75) is 45.4 Å². The van der Waals surface area contributed by atoms with Gasteiger partial charge in [0.2, 0.25) is 0 Å². The highest BCUT2D eigenvalue weighted by Crippen LogP contribution is 1.97. The average molecular weight is 154 g/mol. The fourth-order valence-electron chi connectivity index (χ4n) is 0.804. The monoisotopic (exact) mass is 154 g/mol. The summed E-state index contributed by atoms with van der Waals surface area (Å²) in [6.07, 6.45) is 6.35. The van der Waals surface area contributed by atoms with Crippen LogP contribution >= 0.6 is 0 Å². The smallest absolute Gasteiger partial charge is 0.0431 e. The van der Waals surface area contributed by atoms with E-state index in [4.69, 9.17) is 5.11 Å². The third-order valence-corrected chi connectivity index (χ3v) is 1.46. The maximum atomic E-state index is 8.47. The van der Waals surface area contributed by atoms with Crippen LogP contribution in [0.1, 0.15) is 45.4 Å². The van der Waals surface area contributed by atoms with Gasteiger partial charge in [-0.15, -0.1) is 11.8 Å². The molecule has 0 aromatic rings. The second-order valence-electron chi connectivity index (χ2n) is 2.64. The van der Waals surface area contributed by atoms with Crippen molar-refractivity contribution >= 4 is 0 Å². The molecule has 0 unspecified atom stereocenters. The van der Waals surface area contributed by atoms with Gasteiger partial charge < -0.3 is 5.11 Å². The van der Waals surface area contributed by atoms with Crippen molar-refractivity contribution in [3.8, 4) is 11.8 Å². The van der Waals surface area contributed by atoms with Gasteiger partial charge in [0, 0.05) is 19.4 Å². The van der Waals surface area contributed by atoms with Gasteiger partial charge in [-0.05, 0) is 19.3 Å². The van der Waals surface area contributed by atoms with Crippen molar-refractivity contribution in [1.29, 1.82) is 0 Å². The van der Waals surface area contributed by atoms with Crippen LogP contribution in [0.15, 0.2) is 0 Å². The first-order valence-corrected chi connectivity index (χ1v) is 4.48. The highest BCUT2D eigenvalue weighted by atomic mass is 16.2. The van der Waals surface area contributed by atoms with E-state index in [9.17, 15) is 0 Å². The molecule has 0 atom stereocenters. The van der Waals surface area contributed by atoms with Crippen LogP contribution in [0.25, 0.3) is 0 Å². The maximum Gasteiger partial charge on any atom is 0.0431 e. The van der Waals surface area contributed by atoms with Gasteiger partial charge >= 0.3 is 0 Å². The van der Waals surface area contributed by atoms with Crippen LogP contribution in [0.3, 0.4) is 0 Å². The van der Waals surface area contributed by atoms with Crippen LogP contribution in [0.2, 0.25) is 0 Å². The van der Waals surface area contributed by atoms with E-state index in [1.54, 1.807) is 0 Å². The third-order valence-electron chi connectivity index (χ3n) is 1.46. The normalized spacial score (nSPS) is 8.91. The van der Waals surface area contributed by atoms with Gasteiger partial charge in [0.25, 0.3) is 0 Å². The molecule has 0 aromatic heterocycles. The molecular weight excluding hydrogens is 136 g/mol. The Hall–Kier alpha value is -0.480.